The number of nitrogens with one attached hydrogen (secondary N) is 2. The Morgan fingerprint density at radius 1 is 1.12 bits per heavy atom. The normalized spacial score (nSPS) is 14.7. The van der Waals surface area contributed by atoms with Crippen LogP contribution in [-0.4, -0.2) is 58.1 Å². The van der Waals surface area contributed by atoms with Gasteiger partial charge in [-0.05, 0) is 64.7 Å². The summed E-state index contributed by atoms with van der Waals surface area (Å²) in [5.41, 5.74) is 4.52. The van der Waals surface area contributed by atoms with Crippen LogP contribution in [0.15, 0.2) is 29.3 Å². The van der Waals surface area contributed by atoms with E-state index in [2.05, 4.69) is 34.6 Å². The quantitative estimate of drug-likeness (QED) is 0.272. The maximum absolute atomic E-state index is 12.4. The second-order valence-corrected chi connectivity index (χ2v) is 8.30. The molecule has 1 aromatic carbocycles. The number of fused-ring (bicyclic) bond motifs is 1. The minimum atomic E-state index is -0.195. The molecule has 0 radical (unpaired) electrons. The molecule has 0 fully saturated rings. The van der Waals surface area contributed by atoms with Gasteiger partial charge in [0.1, 0.15) is 0 Å². The standard InChI is InChI=1S/C24H34N6O2/c1-6-25-24(27-16(2)15-21-17(3)28-29(5)18(21)4)26-13-9-10-14-30-22(31)19-11-7-8-12-20(19)23(30)32/h7-8,11-12,16H,6,9-10,13-15H2,1-5H3,(H2,25,26,27). The van der Waals surface area contributed by atoms with Crippen LogP contribution >= 0.6 is 0 Å². The molecule has 2 N–H and O–H groups in total. The van der Waals surface area contributed by atoms with E-state index in [0.717, 1.165) is 37.5 Å². The van der Waals surface area contributed by atoms with E-state index >= 15 is 0 Å². The highest BCUT2D eigenvalue weighted by Gasteiger charge is 2.34. The molecule has 1 aliphatic heterocycles. The molecule has 8 heteroatoms. The molecule has 1 unspecified atom stereocenters. The Labute approximate surface area is 190 Å². The van der Waals surface area contributed by atoms with Crippen LogP contribution in [-0.2, 0) is 13.5 Å². The second kappa shape index (κ2) is 10.4. The van der Waals surface area contributed by atoms with Gasteiger partial charge in [0.05, 0.1) is 16.8 Å². The van der Waals surface area contributed by atoms with E-state index in [-0.39, 0.29) is 17.9 Å². The van der Waals surface area contributed by atoms with Gasteiger partial charge in [-0.15, -0.1) is 0 Å². The van der Waals surface area contributed by atoms with Crippen LogP contribution in [0.3, 0.4) is 0 Å². The molecule has 172 valence electrons. The largest absolute Gasteiger partial charge is 0.357 e. The number of aryl methyl sites for hydroxylation is 2. The molecule has 1 atom stereocenters. The first-order valence-corrected chi connectivity index (χ1v) is 11.3. The Balaban J connectivity index is 1.48. The molecule has 32 heavy (non-hydrogen) atoms. The number of guanidine groups is 1. The van der Waals surface area contributed by atoms with Crippen molar-refractivity contribution in [1.82, 2.24) is 25.3 Å². The lowest BCUT2D eigenvalue weighted by Gasteiger charge is -2.18. The van der Waals surface area contributed by atoms with E-state index in [4.69, 9.17) is 0 Å². The van der Waals surface area contributed by atoms with E-state index in [9.17, 15) is 9.59 Å². The number of hydrogen-bond donors (Lipinski definition) is 2. The third-order valence-corrected chi connectivity index (χ3v) is 5.83. The van der Waals surface area contributed by atoms with Crippen molar-refractivity contribution in [2.75, 3.05) is 19.6 Å². The van der Waals surface area contributed by atoms with Crippen LogP contribution in [0.5, 0.6) is 0 Å². The fourth-order valence-corrected chi connectivity index (χ4v) is 4.04. The number of unbranched alkanes of at least 4 members (excludes halogenated alkanes) is 1. The highest BCUT2D eigenvalue weighted by atomic mass is 16.2. The SMILES string of the molecule is CCNC(=NCCCCN1C(=O)c2ccccc2C1=O)NC(C)Cc1c(C)nn(C)c1C. The Morgan fingerprint density at radius 3 is 2.34 bits per heavy atom. The lowest BCUT2D eigenvalue weighted by Crippen LogP contribution is -2.43. The monoisotopic (exact) mass is 438 g/mol. The second-order valence-electron chi connectivity index (χ2n) is 8.30. The van der Waals surface area contributed by atoms with Gasteiger partial charge in [0.25, 0.3) is 11.8 Å². The van der Waals surface area contributed by atoms with Crippen molar-refractivity contribution in [3.05, 3.63) is 52.3 Å². The zero-order chi connectivity index (χ0) is 23.3. The first-order valence-electron chi connectivity index (χ1n) is 11.3. The summed E-state index contributed by atoms with van der Waals surface area (Å²) in [4.78, 5) is 30.9. The fraction of sp³-hybridized carbons (Fsp3) is 0.500. The maximum Gasteiger partial charge on any atom is 0.261 e. The number of aromatic nitrogens is 2. The zero-order valence-electron chi connectivity index (χ0n) is 19.7. The summed E-state index contributed by atoms with van der Waals surface area (Å²) in [7, 11) is 1.97. The van der Waals surface area contributed by atoms with Gasteiger partial charge < -0.3 is 10.6 Å². The summed E-state index contributed by atoms with van der Waals surface area (Å²) >= 11 is 0. The third kappa shape index (κ3) is 5.18. The molecule has 1 aliphatic rings. The number of carbonyl (C=O) groups is 2. The average molecular weight is 439 g/mol. The Morgan fingerprint density at radius 2 is 1.78 bits per heavy atom. The number of imide groups is 1. The van der Waals surface area contributed by atoms with Crippen LogP contribution < -0.4 is 10.6 Å². The fourth-order valence-electron chi connectivity index (χ4n) is 4.04. The molecule has 2 amide bonds. The van der Waals surface area contributed by atoms with Crippen molar-refractivity contribution in [2.45, 2.75) is 53.0 Å². The van der Waals surface area contributed by atoms with Crippen LogP contribution in [0, 0.1) is 13.8 Å². The number of amides is 2. The minimum absolute atomic E-state index is 0.195. The molecule has 0 saturated heterocycles. The summed E-state index contributed by atoms with van der Waals surface area (Å²) in [6, 6.07) is 7.20. The summed E-state index contributed by atoms with van der Waals surface area (Å²) in [6.45, 7) is 10.1. The summed E-state index contributed by atoms with van der Waals surface area (Å²) in [5.74, 6) is 0.387. The number of nitrogens with zero attached hydrogens (tertiary/aromatic N) is 4. The number of carbonyl (C=O) groups excluding carboxylic acids is 2. The van der Waals surface area contributed by atoms with E-state index in [0.29, 0.717) is 24.2 Å². The van der Waals surface area contributed by atoms with Gasteiger partial charge in [0.2, 0.25) is 0 Å². The predicted molar refractivity (Wildman–Crippen MR) is 126 cm³/mol. The molecule has 8 nitrogen and oxygen atoms in total. The van der Waals surface area contributed by atoms with Gasteiger partial charge in [0.15, 0.2) is 5.96 Å². The molecule has 0 spiro atoms. The minimum Gasteiger partial charge on any atom is -0.357 e. The summed E-state index contributed by atoms with van der Waals surface area (Å²) in [5, 5.41) is 11.3. The number of hydrogen-bond acceptors (Lipinski definition) is 4. The Kier molecular flexibility index (Phi) is 7.66. The molecule has 2 heterocycles. The smallest absolute Gasteiger partial charge is 0.261 e. The topological polar surface area (TPSA) is 91.6 Å². The van der Waals surface area contributed by atoms with Gasteiger partial charge in [-0.1, -0.05) is 12.1 Å². The van der Waals surface area contributed by atoms with E-state index < -0.39 is 0 Å². The van der Waals surface area contributed by atoms with Gasteiger partial charge >= 0.3 is 0 Å². The molecule has 0 aliphatic carbocycles. The van der Waals surface area contributed by atoms with Crippen molar-refractivity contribution >= 4 is 17.8 Å². The first kappa shape index (κ1) is 23.5. The number of benzene rings is 1. The molecule has 0 saturated carbocycles. The zero-order valence-corrected chi connectivity index (χ0v) is 19.7. The first-order chi connectivity index (χ1) is 15.3. The van der Waals surface area contributed by atoms with Gasteiger partial charge in [-0.3, -0.25) is 24.2 Å². The summed E-state index contributed by atoms with van der Waals surface area (Å²) in [6.07, 6.45) is 2.38. The average Bonchev–Trinajstić information content (AvgIpc) is 3.15. The molecular formula is C24H34N6O2. The number of rotatable bonds is 9. The van der Waals surface area contributed by atoms with Crippen molar-refractivity contribution in [3.8, 4) is 0 Å². The van der Waals surface area contributed by atoms with Crippen LogP contribution in [0.25, 0.3) is 0 Å². The van der Waals surface area contributed by atoms with E-state index in [1.165, 1.54) is 16.2 Å². The lowest BCUT2D eigenvalue weighted by atomic mass is 10.1. The van der Waals surface area contributed by atoms with Crippen molar-refractivity contribution in [1.29, 1.82) is 0 Å². The lowest BCUT2D eigenvalue weighted by molar-refractivity contribution is 0.0652. The third-order valence-electron chi connectivity index (χ3n) is 5.83. The Hall–Kier alpha value is -3.16. The maximum atomic E-state index is 12.4. The van der Waals surface area contributed by atoms with Crippen LogP contribution in [0.4, 0.5) is 0 Å². The summed E-state index contributed by atoms with van der Waals surface area (Å²) < 4.78 is 1.92. The van der Waals surface area contributed by atoms with Crippen molar-refractivity contribution in [3.63, 3.8) is 0 Å². The molecule has 0 bridgehead atoms. The molecular weight excluding hydrogens is 404 g/mol. The molecule has 2 aromatic rings. The van der Waals surface area contributed by atoms with Crippen LogP contribution in [0.2, 0.25) is 0 Å². The number of aliphatic imine (C=N–C) groups is 1. The van der Waals surface area contributed by atoms with Gasteiger partial charge in [-0.2, -0.15) is 5.10 Å². The highest BCUT2D eigenvalue weighted by molar-refractivity contribution is 6.21. The van der Waals surface area contributed by atoms with Crippen LogP contribution in [0.1, 0.15) is 64.4 Å². The Bertz CT molecular complexity index is 975. The predicted octanol–water partition coefficient (Wildman–Crippen LogP) is 2.60. The van der Waals surface area contributed by atoms with E-state index in [1.807, 2.05) is 25.6 Å². The highest BCUT2D eigenvalue weighted by Crippen LogP contribution is 2.22. The van der Waals surface area contributed by atoms with Gasteiger partial charge in [-0.25, -0.2) is 0 Å². The molecule has 3 rings (SSSR count). The van der Waals surface area contributed by atoms with Gasteiger partial charge in [0, 0.05) is 38.4 Å². The molecule has 1 aromatic heterocycles. The van der Waals surface area contributed by atoms with E-state index in [1.54, 1.807) is 24.3 Å². The van der Waals surface area contributed by atoms with Crippen molar-refractivity contribution in [2.24, 2.45) is 12.0 Å². The van der Waals surface area contributed by atoms with Crippen molar-refractivity contribution < 1.29 is 9.59 Å².